The van der Waals surface area contributed by atoms with Crippen molar-refractivity contribution in [3.63, 3.8) is 0 Å². The highest BCUT2D eigenvalue weighted by Crippen LogP contribution is 2.36. The van der Waals surface area contributed by atoms with Crippen LogP contribution in [-0.4, -0.2) is 27.6 Å². The third kappa shape index (κ3) is 3.19. The van der Waals surface area contributed by atoms with Crippen LogP contribution in [0.2, 0.25) is 5.02 Å². The molecular weight excluding hydrogens is 350 g/mol. The maximum absolute atomic E-state index is 9.90. The lowest BCUT2D eigenvalue weighted by atomic mass is 9.95. The van der Waals surface area contributed by atoms with Gasteiger partial charge >= 0.3 is 0 Å². The predicted molar refractivity (Wildman–Crippen MR) is 104 cm³/mol. The van der Waals surface area contributed by atoms with Crippen LogP contribution in [0.25, 0.3) is 16.9 Å². The number of rotatable bonds is 4. The summed E-state index contributed by atoms with van der Waals surface area (Å²) in [5, 5.41) is 14.3. The topological polar surface area (TPSA) is 58.8 Å². The average molecular weight is 372 g/mol. The number of fused-ring (bicyclic) bond motifs is 1. The monoisotopic (exact) mass is 371 g/mol. The van der Waals surface area contributed by atoms with E-state index in [0.717, 1.165) is 35.6 Å². The number of imidazole rings is 1. The van der Waals surface area contributed by atoms with Crippen LogP contribution in [0, 0.1) is 0 Å². The molecule has 1 aromatic carbocycles. The maximum atomic E-state index is 9.90. The van der Waals surface area contributed by atoms with Crippen molar-refractivity contribution in [3.05, 3.63) is 41.6 Å². The summed E-state index contributed by atoms with van der Waals surface area (Å²) >= 11 is 6.23. The molecule has 1 aliphatic carbocycles. The molecule has 26 heavy (non-hydrogen) atoms. The fraction of sp³-hybridized carbons (Fsp3) is 0.350. The van der Waals surface area contributed by atoms with E-state index in [0.29, 0.717) is 16.8 Å². The lowest BCUT2D eigenvalue weighted by Crippen LogP contribution is -2.23. The molecule has 4 rings (SSSR count). The van der Waals surface area contributed by atoms with Crippen molar-refractivity contribution < 1.29 is 9.84 Å². The van der Waals surface area contributed by atoms with Crippen LogP contribution >= 0.6 is 11.6 Å². The molecule has 0 saturated heterocycles. The lowest BCUT2D eigenvalue weighted by Gasteiger charge is -2.24. The molecule has 6 heteroatoms. The highest BCUT2D eigenvalue weighted by Gasteiger charge is 2.20. The quantitative estimate of drug-likeness (QED) is 0.668. The summed E-state index contributed by atoms with van der Waals surface area (Å²) in [5.41, 5.74) is 2.55. The van der Waals surface area contributed by atoms with Gasteiger partial charge in [0.25, 0.3) is 0 Å². The van der Waals surface area contributed by atoms with Gasteiger partial charge in [-0.25, -0.2) is 4.98 Å². The zero-order valence-electron chi connectivity index (χ0n) is 14.7. The fourth-order valence-corrected chi connectivity index (χ4v) is 3.78. The highest BCUT2D eigenvalue weighted by atomic mass is 35.5. The van der Waals surface area contributed by atoms with Crippen LogP contribution in [0.3, 0.4) is 0 Å². The molecule has 5 nitrogen and oxygen atoms in total. The minimum Gasteiger partial charge on any atom is -0.504 e. The fourth-order valence-electron chi connectivity index (χ4n) is 3.62. The van der Waals surface area contributed by atoms with E-state index in [1.165, 1.54) is 19.3 Å². The lowest BCUT2D eigenvalue weighted by molar-refractivity contribution is 0.373. The van der Waals surface area contributed by atoms with Gasteiger partial charge in [0, 0.05) is 17.8 Å². The first kappa shape index (κ1) is 17.0. The molecule has 2 aromatic heterocycles. The molecule has 0 radical (unpaired) electrons. The SMILES string of the molecule is COc1cc(-c2nc3ccc(Cl)cn3c2NC2CCCCC2)ccc1O. The molecule has 0 spiro atoms. The van der Waals surface area contributed by atoms with Crippen LogP contribution in [0.4, 0.5) is 5.82 Å². The number of phenolic OH excluding ortho intramolecular Hbond substituents is 1. The molecule has 0 bridgehead atoms. The summed E-state index contributed by atoms with van der Waals surface area (Å²) in [4.78, 5) is 4.80. The first-order valence-electron chi connectivity index (χ1n) is 8.97. The molecular formula is C20H22ClN3O2. The number of nitrogens with zero attached hydrogens (tertiary/aromatic N) is 2. The Kier molecular flexibility index (Phi) is 4.64. The van der Waals surface area contributed by atoms with Crippen molar-refractivity contribution >= 4 is 23.1 Å². The second-order valence-corrected chi connectivity index (χ2v) is 7.19. The molecule has 0 atom stereocenters. The average Bonchev–Trinajstić information content (AvgIpc) is 3.01. The number of hydrogen-bond acceptors (Lipinski definition) is 4. The van der Waals surface area contributed by atoms with Crippen molar-refractivity contribution in [1.82, 2.24) is 9.38 Å². The number of aromatic hydroxyl groups is 1. The Morgan fingerprint density at radius 2 is 2.00 bits per heavy atom. The van der Waals surface area contributed by atoms with Gasteiger partial charge in [0.15, 0.2) is 11.5 Å². The second kappa shape index (κ2) is 7.08. The number of ether oxygens (including phenoxy) is 1. The molecule has 1 saturated carbocycles. The Labute approximate surface area is 157 Å². The predicted octanol–water partition coefficient (Wildman–Crippen LogP) is 5.11. The Hall–Kier alpha value is -2.40. The number of anilines is 1. The molecule has 136 valence electrons. The molecule has 2 heterocycles. The first-order chi connectivity index (χ1) is 12.7. The highest BCUT2D eigenvalue weighted by molar-refractivity contribution is 6.30. The van der Waals surface area contributed by atoms with Crippen LogP contribution in [0.1, 0.15) is 32.1 Å². The van der Waals surface area contributed by atoms with Crippen molar-refractivity contribution in [2.24, 2.45) is 0 Å². The van der Waals surface area contributed by atoms with Gasteiger partial charge in [-0.15, -0.1) is 0 Å². The second-order valence-electron chi connectivity index (χ2n) is 6.75. The van der Waals surface area contributed by atoms with E-state index < -0.39 is 0 Å². The number of hydrogen-bond donors (Lipinski definition) is 2. The van der Waals surface area contributed by atoms with Crippen LogP contribution in [-0.2, 0) is 0 Å². The van der Waals surface area contributed by atoms with E-state index in [4.69, 9.17) is 21.3 Å². The zero-order chi connectivity index (χ0) is 18.1. The Balaban J connectivity index is 1.83. The smallest absolute Gasteiger partial charge is 0.161 e. The van der Waals surface area contributed by atoms with E-state index >= 15 is 0 Å². The number of halogens is 1. The molecule has 0 unspecified atom stereocenters. The Morgan fingerprint density at radius 3 is 2.77 bits per heavy atom. The largest absolute Gasteiger partial charge is 0.504 e. The minimum absolute atomic E-state index is 0.116. The summed E-state index contributed by atoms with van der Waals surface area (Å²) in [6, 6.07) is 9.49. The molecule has 1 fully saturated rings. The zero-order valence-corrected chi connectivity index (χ0v) is 15.5. The summed E-state index contributed by atoms with van der Waals surface area (Å²) in [6.45, 7) is 0. The number of methoxy groups -OCH3 is 1. The van der Waals surface area contributed by atoms with Gasteiger partial charge in [-0.1, -0.05) is 30.9 Å². The van der Waals surface area contributed by atoms with Crippen LogP contribution < -0.4 is 10.1 Å². The number of phenols is 1. The normalized spacial score (nSPS) is 15.3. The van der Waals surface area contributed by atoms with E-state index in [-0.39, 0.29) is 5.75 Å². The molecule has 2 N–H and O–H groups in total. The van der Waals surface area contributed by atoms with Crippen LogP contribution in [0.5, 0.6) is 11.5 Å². The van der Waals surface area contributed by atoms with Crippen LogP contribution in [0.15, 0.2) is 36.5 Å². The van der Waals surface area contributed by atoms with Gasteiger partial charge in [0.1, 0.15) is 17.2 Å². The molecule has 0 amide bonds. The van der Waals surface area contributed by atoms with Crippen molar-refractivity contribution in [1.29, 1.82) is 0 Å². The third-order valence-electron chi connectivity index (χ3n) is 4.98. The number of benzene rings is 1. The number of pyridine rings is 1. The van der Waals surface area contributed by atoms with Gasteiger partial charge in [0.05, 0.1) is 12.1 Å². The summed E-state index contributed by atoms with van der Waals surface area (Å²) in [5.74, 6) is 1.48. The number of nitrogens with one attached hydrogen (secondary N) is 1. The van der Waals surface area contributed by atoms with Gasteiger partial charge in [-0.3, -0.25) is 4.40 Å². The van der Waals surface area contributed by atoms with Gasteiger partial charge in [0.2, 0.25) is 0 Å². The van der Waals surface area contributed by atoms with Crippen molar-refractivity contribution in [3.8, 4) is 22.8 Å². The molecule has 0 aliphatic heterocycles. The summed E-state index contributed by atoms with van der Waals surface area (Å²) < 4.78 is 7.27. The number of aromatic nitrogens is 2. The van der Waals surface area contributed by atoms with Gasteiger partial charge in [-0.05, 0) is 43.2 Å². The minimum atomic E-state index is 0.116. The maximum Gasteiger partial charge on any atom is 0.161 e. The first-order valence-corrected chi connectivity index (χ1v) is 9.35. The standard InChI is InChI=1S/C20H22ClN3O2/c1-26-17-11-13(7-9-16(17)25)19-20(22-15-5-3-2-4-6-15)24-12-14(21)8-10-18(24)23-19/h7-12,15,22,25H,2-6H2,1H3. The summed E-state index contributed by atoms with van der Waals surface area (Å²) in [6.07, 6.45) is 8.00. The van der Waals surface area contributed by atoms with Crippen molar-refractivity contribution in [2.45, 2.75) is 38.1 Å². The summed E-state index contributed by atoms with van der Waals surface area (Å²) in [7, 11) is 1.55. The molecule has 3 aromatic rings. The van der Waals surface area contributed by atoms with Gasteiger partial charge < -0.3 is 15.2 Å². The van der Waals surface area contributed by atoms with Gasteiger partial charge in [-0.2, -0.15) is 0 Å². The Morgan fingerprint density at radius 1 is 1.19 bits per heavy atom. The molecule has 1 aliphatic rings. The van der Waals surface area contributed by atoms with E-state index in [2.05, 4.69) is 5.32 Å². The Bertz CT molecular complexity index is 932. The van der Waals surface area contributed by atoms with E-state index in [1.54, 1.807) is 13.2 Å². The third-order valence-corrected chi connectivity index (χ3v) is 5.21. The van der Waals surface area contributed by atoms with Crippen molar-refractivity contribution in [2.75, 3.05) is 12.4 Å². The van der Waals surface area contributed by atoms with E-state index in [1.807, 2.05) is 34.9 Å². The van der Waals surface area contributed by atoms with E-state index in [9.17, 15) is 5.11 Å².